The molecule has 264 valence electrons. The first-order chi connectivity index (χ1) is 21.9. The van der Waals surface area contributed by atoms with E-state index in [-0.39, 0.29) is 68.3 Å². The molecule has 26 heteroatoms. The summed E-state index contributed by atoms with van der Waals surface area (Å²) < 4.78 is 74.5. The number of anilines is 1. The summed E-state index contributed by atoms with van der Waals surface area (Å²) in [4.78, 5) is 22.4. The molecule has 18 nitrogen and oxygen atoms in total. The minimum atomic E-state index is -3.69. The lowest BCUT2D eigenvalue weighted by Crippen LogP contribution is -2.39. The Bertz CT molecular complexity index is 1580. The van der Waals surface area contributed by atoms with Crippen LogP contribution in [0.4, 0.5) is 5.95 Å². The minimum absolute atomic E-state index is 0.00370. The molecule has 0 saturated carbocycles. The van der Waals surface area contributed by atoms with Gasteiger partial charge >= 0.3 is 20.2 Å². The molecular weight excluding hydrogens is 735 g/mol. The number of imidazole rings is 1. The average Bonchev–Trinajstić information content (AvgIpc) is 3.61. The van der Waals surface area contributed by atoms with E-state index in [4.69, 9.17) is 33.5 Å². The van der Waals surface area contributed by atoms with Crippen LogP contribution in [-0.2, 0) is 48.2 Å². The van der Waals surface area contributed by atoms with E-state index in [1.165, 1.54) is 10.9 Å². The number of rotatable bonds is 18. The SMILES string of the molecule is BC1CC(NP(=O)(S)OCC2OC(B)CC2NP(=O)(S)OCCOCn2cnc3c(=O)[nH]c(N)nc32)C(COP(=O)(S)NC(C)C)O1. The number of aromatic amines is 1. The molecule has 2 aromatic rings. The largest absolute Gasteiger partial charge is 0.380 e. The molecule has 0 amide bonds. The van der Waals surface area contributed by atoms with E-state index < -0.39 is 50.0 Å². The first-order valence-electron chi connectivity index (χ1n) is 14.8. The molecule has 2 aliphatic rings. The van der Waals surface area contributed by atoms with Crippen LogP contribution in [0.5, 0.6) is 0 Å². The summed E-state index contributed by atoms with van der Waals surface area (Å²) in [6.07, 6.45) is 1.14. The Hall–Kier alpha value is -0.340. The van der Waals surface area contributed by atoms with Crippen LogP contribution in [-0.4, -0.2) is 104 Å². The molecule has 0 aromatic carbocycles. The fraction of sp³-hybridized carbons (Fsp3) is 0.762. The molecule has 4 heterocycles. The van der Waals surface area contributed by atoms with E-state index in [9.17, 15) is 18.5 Å². The fourth-order valence-corrected chi connectivity index (χ4v) is 10.7. The number of H-pyrrole nitrogens is 1. The Morgan fingerprint density at radius 1 is 1.00 bits per heavy atom. The molecule has 4 rings (SSSR count). The molecular formula is C21H41B2N8O10P3S3. The van der Waals surface area contributed by atoms with Crippen molar-refractivity contribution in [3.8, 4) is 0 Å². The lowest BCUT2D eigenvalue weighted by molar-refractivity contribution is 0.0396. The number of hydrogen-bond donors (Lipinski definition) is 8. The summed E-state index contributed by atoms with van der Waals surface area (Å²) in [6, 6.07) is -1.46. The van der Waals surface area contributed by atoms with Gasteiger partial charge in [-0.05, 0) is 26.7 Å². The van der Waals surface area contributed by atoms with Crippen molar-refractivity contribution < 1.29 is 41.5 Å². The van der Waals surface area contributed by atoms with Crippen molar-refractivity contribution in [1.82, 2.24) is 34.8 Å². The predicted octanol–water partition coefficient (Wildman–Crippen LogP) is 0.250. The van der Waals surface area contributed by atoms with Crippen molar-refractivity contribution >= 4 is 89.7 Å². The van der Waals surface area contributed by atoms with E-state index >= 15 is 0 Å². The number of fused-ring (bicyclic) bond motifs is 1. The molecule has 0 radical (unpaired) electrons. The molecule has 2 aromatic heterocycles. The van der Waals surface area contributed by atoms with E-state index in [1.807, 2.05) is 29.5 Å². The summed E-state index contributed by atoms with van der Waals surface area (Å²) in [5.41, 5.74) is 5.53. The van der Waals surface area contributed by atoms with Gasteiger partial charge in [-0.25, -0.2) is 20.2 Å². The first-order valence-corrected chi connectivity index (χ1v) is 23.1. The lowest BCUT2D eigenvalue weighted by Gasteiger charge is -2.27. The Kier molecular flexibility index (Phi) is 14.1. The number of ether oxygens (including phenoxy) is 3. The second-order valence-electron chi connectivity index (χ2n) is 11.6. The van der Waals surface area contributed by atoms with Crippen LogP contribution in [0.3, 0.4) is 0 Å². The van der Waals surface area contributed by atoms with E-state index in [1.54, 1.807) is 0 Å². The van der Waals surface area contributed by atoms with E-state index in [0.717, 1.165) is 0 Å². The average molecular weight is 776 g/mol. The normalized spacial score (nSPS) is 28.8. The van der Waals surface area contributed by atoms with Gasteiger partial charge < -0.3 is 33.5 Å². The van der Waals surface area contributed by atoms with Crippen LogP contribution < -0.4 is 26.6 Å². The van der Waals surface area contributed by atoms with Crippen LogP contribution in [0.15, 0.2) is 11.1 Å². The van der Waals surface area contributed by atoms with Gasteiger partial charge in [0.25, 0.3) is 5.56 Å². The predicted molar refractivity (Wildman–Crippen MR) is 192 cm³/mol. The first kappa shape index (κ1) is 39.4. The molecule has 9 unspecified atom stereocenters. The maximum atomic E-state index is 13.3. The monoisotopic (exact) mass is 776 g/mol. The summed E-state index contributed by atoms with van der Waals surface area (Å²) >= 11 is 12.6. The molecule has 0 bridgehead atoms. The standard InChI is InChI=1S/C21H41B2N8O10P3S3/c1-11(2)28-42(33,45)38-7-14-13(6-17(23)40-14)30-44(35,47)39-8-15-12(5-16(22)41-15)29-43(34,46)37-4-3-36-10-31-9-25-18-19(31)26-21(24)27-20(18)32/h9,11-17H,3-8,10,22-23H2,1-2H3,(H2,28,33,45)(H2,29,34,46)(H2,30,35,47)(H3,24,26,27,32). The highest BCUT2D eigenvalue weighted by molar-refractivity contribution is 8.46. The maximum absolute atomic E-state index is 13.3. The number of thiol groups is 3. The number of aromatic nitrogens is 4. The summed E-state index contributed by atoms with van der Waals surface area (Å²) in [6.45, 7) is -7.26. The zero-order valence-electron chi connectivity index (χ0n) is 26.3. The van der Waals surface area contributed by atoms with Crippen molar-refractivity contribution in [2.24, 2.45) is 0 Å². The van der Waals surface area contributed by atoms with Crippen molar-refractivity contribution in [2.45, 2.75) is 75.8 Å². The third kappa shape index (κ3) is 12.1. The van der Waals surface area contributed by atoms with Crippen LogP contribution >= 0.6 is 56.9 Å². The van der Waals surface area contributed by atoms with Gasteiger partial charge in [0.2, 0.25) is 5.95 Å². The summed E-state index contributed by atoms with van der Waals surface area (Å²) in [5.74, 6) is -0.0489. The molecule has 0 aliphatic carbocycles. The highest BCUT2D eigenvalue weighted by atomic mass is 32.7. The topological polar surface area (TPSA) is 232 Å². The van der Waals surface area contributed by atoms with Gasteiger partial charge in [-0.3, -0.25) is 28.0 Å². The van der Waals surface area contributed by atoms with Crippen LogP contribution in [0, 0.1) is 0 Å². The van der Waals surface area contributed by atoms with Crippen molar-refractivity contribution in [2.75, 3.05) is 32.2 Å². The number of nitrogens with two attached hydrogens (primary N) is 1. The quantitative estimate of drug-likeness (QED) is 0.0439. The van der Waals surface area contributed by atoms with Crippen molar-refractivity contribution in [3.05, 3.63) is 16.7 Å². The Labute approximate surface area is 289 Å². The lowest BCUT2D eigenvalue weighted by atomic mass is 9.95. The van der Waals surface area contributed by atoms with Gasteiger partial charge in [-0.2, -0.15) is 4.98 Å². The summed E-state index contributed by atoms with van der Waals surface area (Å²) in [7, 11) is 3.70. The zero-order chi connectivity index (χ0) is 34.6. The van der Waals surface area contributed by atoms with Crippen LogP contribution in [0.1, 0.15) is 26.7 Å². The highest BCUT2D eigenvalue weighted by Gasteiger charge is 2.41. The van der Waals surface area contributed by atoms with E-state index in [0.29, 0.717) is 12.8 Å². The molecule has 0 spiro atoms. The van der Waals surface area contributed by atoms with Gasteiger partial charge in [0.15, 0.2) is 11.2 Å². The molecule has 47 heavy (non-hydrogen) atoms. The smallest absolute Gasteiger partial charge is 0.323 e. The Balaban J connectivity index is 1.22. The van der Waals surface area contributed by atoms with Gasteiger partial charge in [-0.15, -0.1) is 0 Å². The summed E-state index contributed by atoms with van der Waals surface area (Å²) in [5, 5.41) is 8.58. The van der Waals surface area contributed by atoms with Crippen molar-refractivity contribution in [3.63, 3.8) is 0 Å². The molecule has 2 fully saturated rings. The van der Waals surface area contributed by atoms with Gasteiger partial charge in [-0.1, -0.05) is 36.7 Å². The van der Waals surface area contributed by atoms with Gasteiger partial charge in [0.1, 0.15) is 22.4 Å². The minimum Gasteiger partial charge on any atom is -0.380 e. The number of nitrogens with one attached hydrogen (secondary N) is 4. The van der Waals surface area contributed by atoms with E-state index in [2.05, 4.69) is 67.0 Å². The maximum Gasteiger partial charge on any atom is 0.323 e. The Morgan fingerprint density at radius 2 is 1.55 bits per heavy atom. The molecule has 6 N–H and O–H groups in total. The van der Waals surface area contributed by atoms with Gasteiger partial charge in [0, 0.05) is 30.1 Å². The van der Waals surface area contributed by atoms with Crippen LogP contribution in [0.25, 0.3) is 11.2 Å². The molecule has 9 atom stereocenters. The third-order valence-corrected chi connectivity index (χ3v) is 12.8. The second kappa shape index (κ2) is 16.8. The third-order valence-electron chi connectivity index (χ3n) is 7.01. The zero-order valence-corrected chi connectivity index (χ0v) is 31.6. The second-order valence-corrected chi connectivity index (χ2v) is 21.0. The fourth-order valence-electron chi connectivity index (χ4n) is 5.15. The molecule has 2 aliphatic heterocycles. The van der Waals surface area contributed by atoms with Crippen LogP contribution in [0.2, 0.25) is 0 Å². The number of nitrogens with zero attached hydrogens (tertiary/aromatic N) is 3. The molecule has 2 saturated heterocycles. The highest BCUT2D eigenvalue weighted by Crippen LogP contribution is 2.52. The van der Waals surface area contributed by atoms with Crippen molar-refractivity contribution in [1.29, 1.82) is 0 Å². The number of nitrogen functional groups attached to an aromatic ring is 1. The Morgan fingerprint density at radius 3 is 2.13 bits per heavy atom. The van der Waals surface area contributed by atoms with Gasteiger partial charge in [0.05, 0.1) is 45.0 Å². The number of hydrogen-bond acceptors (Lipinski definition) is 13.